The molecule has 0 spiro atoms. The summed E-state index contributed by atoms with van der Waals surface area (Å²) >= 11 is 5.73. The molecule has 0 bridgehead atoms. The summed E-state index contributed by atoms with van der Waals surface area (Å²) in [6.07, 6.45) is 3.23. The van der Waals surface area contributed by atoms with Crippen molar-refractivity contribution in [1.82, 2.24) is 9.97 Å². The Balaban J connectivity index is 2.36. The normalized spacial score (nSPS) is 10.4. The first-order valence-electron chi connectivity index (χ1n) is 5.73. The molecule has 3 nitrogen and oxygen atoms in total. The summed E-state index contributed by atoms with van der Waals surface area (Å²) in [5.41, 5.74) is 4.10. The van der Waals surface area contributed by atoms with E-state index in [1.807, 2.05) is 19.9 Å². The minimum atomic E-state index is 0.329. The van der Waals surface area contributed by atoms with Crippen molar-refractivity contribution in [2.45, 2.75) is 26.7 Å². The van der Waals surface area contributed by atoms with Crippen molar-refractivity contribution in [1.29, 1.82) is 0 Å². The molecule has 0 saturated heterocycles. The highest BCUT2D eigenvalue weighted by Gasteiger charge is 2.09. The number of hydrogen-bond acceptors (Lipinski definition) is 3. The maximum absolute atomic E-state index is 5.83. The van der Waals surface area contributed by atoms with Crippen molar-refractivity contribution < 1.29 is 4.74 Å². The first-order chi connectivity index (χ1) is 8.61. The van der Waals surface area contributed by atoms with Crippen LogP contribution in [0.4, 0.5) is 0 Å². The van der Waals surface area contributed by atoms with Crippen molar-refractivity contribution in [2.75, 3.05) is 0 Å². The van der Waals surface area contributed by atoms with Gasteiger partial charge in [-0.15, -0.1) is 11.6 Å². The summed E-state index contributed by atoms with van der Waals surface area (Å²) in [5, 5.41) is 0. The van der Waals surface area contributed by atoms with E-state index in [0.717, 1.165) is 16.9 Å². The highest BCUT2D eigenvalue weighted by Crippen LogP contribution is 2.29. The SMILES string of the molecule is Cc1ccc(C)c(Oc2cncc(CCl)n2)c1C. The molecule has 0 unspecified atom stereocenters. The van der Waals surface area contributed by atoms with Crippen molar-refractivity contribution in [2.24, 2.45) is 0 Å². The van der Waals surface area contributed by atoms with Gasteiger partial charge in [0.15, 0.2) is 0 Å². The molecule has 1 aromatic carbocycles. The number of alkyl halides is 1. The fraction of sp³-hybridized carbons (Fsp3) is 0.286. The van der Waals surface area contributed by atoms with E-state index in [4.69, 9.17) is 16.3 Å². The summed E-state index contributed by atoms with van der Waals surface area (Å²) in [5.74, 6) is 1.65. The van der Waals surface area contributed by atoms with Crippen molar-refractivity contribution in [3.63, 3.8) is 0 Å². The molecule has 0 saturated carbocycles. The van der Waals surface area contributed by atoms with E-state index in [0.29, 0.717) is 17.5 Å². The highest BCUT2D eigenvalue weighted by atomic mass is 35.5. The van der Waals surface area contributed by atoms with Crippen molar-refractivity contribution >= 4 is 11.6 Å². The number of rotatable bonds is 3. The molecule has 0 N–H and O–H groups in total. The van der Waals surface area contributed by atoms with E-state index >= 15 is 0 Å². The van der Waals surface area contributed by atoms with Gasteiger partial charge in [0, 0.05) is 6.20 Å². The molecule has 0 aliphatic heterocycles. The average molecular weight is 263 g/mol. The third kappa shape index (κ3) is 2.62. The standard InChI is InChI=1S/C14H15ClN2O/c1-9-4-5-10(2)14(11(9)3)18-13-8-16-7-12(6-15)17-13/h4-5,7-8H,6H2,1-3H3. The number of benzene rings is 1. The monoisotopic (exact) mass is 262 g/mol. The second-order valence-electron chi connectivity index (χ2n) is 4.24. The van der Waals surface area contributed by atoms with Gasteiger partial charge in [-0.1, -0.05) is 12.1 Å². The van der Waals surface area contributed by atoms with Crippen LogP contribution in [0.15, 0.2) is 24.5 Å². The van der Waals surface area contributed by atoms with E-state index in [9.17, 15) is 0 Å². The second-order valence-corrected chi connectivity index (χ2v) is 4.51. The van der Waals surface area contributed by atoms with E-state index in [1.54, 1.807) is 12.4 Å². The van der Waals surface area contributed by atoms with Crippen LogP contribution in [-0.2, 0) is 5.88 Å². The predicted octanol–water partition coefficient (Wildman–Crippen LogP) is 3.93. The van der Waals surface area contributed by atoms with Crippen LogP contribution in [0.5, 0.6) is 11.6 Å². The summed E-state index contributed by atoms with van der Waals surface area (Å²) in [7, 11) is 0. The Kier molecular flexibility index (Phi) is 3.82. The molecule has 94 valence electrons. The highest BCUT2D eigenvalue weighted by molar-refractivity contribution is 6.16. The topological polar surface area (TPSA) is 35.0 Å². The Hall–Kier alpha value is -1.61. The van der Waals surface area contributed by atoms with Crippen molar-refractivity contribution in [3.8, 4) is 11.6 Å². The molecule has 0 aliphatic carbocycles. The molecular formula is C14H15ClN2O. The van der Waals surface area contributed by atoms with Gasteiger partial charge >= 0.3 is 0 Å². The molecular weight excluding hydrogens is 248 g/mol. The van der Waals surface area contributed by atoms with Crippen LogP contribution in [0.2, 0.25) is 0 Å². The fourth-order valence-corrected chi connectivity index (χ4v) is 1.82. The van der Waals surface area contributed by atoms with Gasteiger partial charge in [0.25, 0.3) is 0 Å². The fourth-order valence-electron chi connectivity index (χ4n) is 1.69. The minimum absolute atomic E-state index is 0.329. The molecule has 18 heavy (non-hydrogen) atoms. The largest absolute Gasteiger partial charge is 0.437 e. The lowest BCUT2D eigenvalue weighted by Gasteiger charge is -2.12. The molecule has 2 rings (SSSR count). The predicted molar refractivity (Wildman–Crippen MR) is 72.3 cm³/mol. The van der Waals surface area contributed by atoms with Crippen LogP contribution in [-0.4, -0.2) is 9.97 Å². The summed E-state index contributed by atoms with van der Waals surface area (Å²) in [6, 6.07) is 4.12. The summed E-state index contributed by atoms with van der Waals surface area (Å²) in [6.45, 7) is 6.11. The first-order valence-corrected chi connectivity index (χ1v) is 6.27. The third-order valence-electron chi connectivity index (χ3n) is 2.88. The number of aromatic nitrogens is 2. The van der Waals surface area contributed by atoms with Gasteiger partial charge in [-0.2, -0.15) is 0 Å². The van der Waals surface area contributed by atoms with E-state index < -0.39 is 0 Å². The van der Waals surface area contributed by atoms with Gasteiger partial charge in [-0.3, -0.25) is 4.98 Å². The van der Waals surface area contributed by atoms with E-state index in [1.165, 1.54) is 5.56 Å². The lowest BCUT2D eigenvalue weighted by molar-refractivity contribution is 0.451. The lowest BCUT2D eigenvalue weighted by Crippen LogP contribution is -1.97. The van der Waals surface area contributed by atoms with Gasteiger partial charge in [0.2, 0.25) is 5.88 Å². The van der Waals surface area contributed by atoms with Crippen LogP contribution < -0.4 is 4.74 Å². The minimum Gasteiger partial charge on any atom is -0.437 e. The van der Waals surface area contributed by atoms with Crippen molar-refractivity contribution in [3.05, 3.63) is 46.9 Å². The van der Waals surface area contributed by atoms with Crippen LogP contribution in [0.3, 0.4) is 0 Å². The van der Waals surface area contributed by atoms with E-state index in [-0.39, 0.29) is 0 Å². The van der Waals surface area contributed by atoms with Crippen LogP contribution in [0.1, 0.15) is 22.4 Å². The van der Waals surface area contributed by atoms with Crippen LogP contribution in [0.25, 0.3) is 0 Å². The number of aryl methyl sites for hydroxylation is 2. The molecule has 0 amide bonds. The first kappa shape index (κ1) is 12.8. The van der Waals surface area contributed by atoms with Crippen LogP contribution >= 0.6 is 11.6 Å². The maximum atomic E-state index is 5.83. The molecule has 0 aliphatic rings. The molecule has 2 aromatic rings. The average Bonchev–Trinajstić information content (AvgIpc) is 2.39. The van der Waals surface area contributed by atoms with E-state index in [2.05, 4.69) is 23.0 Å². The number of hydrogen-bond donors (Lipinski definition) is 0. The molecule has 1 aromatic heterocycles. The van der Waals surface area contributed by atoms with Gasteiger partial charge in [-0.25, -0.2) is 4.98 Å². The summed E-state index contributed by atoms with van der Waals surface area (Å²) < 4.78 is 5.83. The molecule has 1 heterocycles. The Bertz CT molecular complexity index is 570. The Morgan fingerprint density at radius 3 is 2.56 bits per heavy atom. The second kappa shape index (κ2) is 5.36. The molecule has 0 radical (unpaired) electrons. The Morgan fingerprint density at radius 2 is 1.83 bits per heavy atom. The maximum Gasteiger partial charge on any atom is 0.238 e. The number of ether oxygens (including phenoxy) is 1. The smallest absolute Gasteiger partial charge is 0.238 e. The van der Waals surface area contributed by atoms with Gasteiger partial charge in [-0.05, 0) is 37.5 Å². The lowest BCUT2D eigenvalue weighted by atomic mass is 10.1. The molecule has 0 fully saturated rings. The number of halogens is 1. The Morgan fingerprint density at radius 1 is 1.11 bits per heavy atom. The quantitative estimate of drug-likeness (QED) is 0.786. The third-order valence-corrected chi connectivity index (χ3v) is 3.15. The number of nitrogens with zero attached hydrogens (tertiary/aromatic N) is 2. The zero-order chi connectivity index (χ0) is 13.1. The summed E-state index contributed by atoms with van der Waals surface area (Å²) in [4.78, 5) is 8.34. The molecule has 4 heteroatoms. The van der Waals surface area contributed by atoms with Gasteiger partial charge < -0.3 is 4.74 Å². The molecule has 0 atom stereocenters. The zero-order valence-electron chi connectivity index (χ0n) is 10.7. The zero-order valence-corrected chi connectivity index (χ0v) is 11.5. The van der Waals surface area contributed by atoms with Gasteiger partial charge in [0.1, 0.15) is 5.75 Å². The van der Waals surface area contributed by atoms with Crippen LogP contribution in [0, 0.1) is 20.8 Å². The Labute approximate surface area is 112 Å². The van der Waals surface area contributed by atoms with Gasteiger partial charge in [0.05, 0.1) is 17.8 Å².